The van der Waals surface area contributed by atoms with E-state index in [2.05, 4.69) is 10.6 Å². The van der Waals surface area contributed by atoms with E-state index in [1.165, 1.54) is 0 Å². The Hall–Kier alpha value is -2.40. The number of rotatable bonds is 6. The van der Waals surface area contributed by atoms with E-state index in [9.17, 15) is 9.59 Å². The van der Waals surface area contributed by atoms with Crippen LogP contribution in [-0.4, -0.2) is 23.9 Å². The van der Waals surface area contributed by atoms with E-state index in [0.717, 1.165) is 22.9 Å². The first-order chi connectivity index (χ1) is 10.9. The third kappa shape index (κ3) is 4.29. The predicted molar refractivity (Wildman–Crippen MR) is 93.1 cm³/mol. The Balaban J connectivity index is 1.98. The van der Waals surface area contributed by atoms with Gasteiger partial charge in [0.1, 0.15) is 0 Å². The highest BCUT2D eigenvalue weighted by molar-refractivity contribution is 6.03. The molecule has 2 aromatic rings. The van der Waals surface area contributed by atoms with Crippen molar-refractivity contribution >= 4 is 28.3 Å². The summed E-state index contributed by atoms with van der Waals surface area (Å²) in [6.07, 6.45) is 1.38. The van der Waals surface area contributed by atoms with Gasteiger partial charge in [-0.05, 0) is 24.8 Å². The maximum Gasteiger partial charge on any atom is 0.243 e. The molecule has 0 aromatic heterocycles. The number of carbonyl (C=O) groups excluding carboxylic acids is 2. The number of carbonyl (C=O) groups is 2. The molecule has 0 bridgehead atoms. The molecule has 0 saturated heterocycles. The normalized spacial score (nSPS) is 13.3. The van der Waals surface area contributed by atoms with Crippen molar-refractivity contribution in [3.8, 4) is 0 Å². The molecule has 4 N–H and O–H groups in total. The molecule has 0 saturated carbocycles. The molecule has 122 valence electrons. The summed E-state index contributed by atoms with van der Waals surface area (Å²) in [6, 6.07) is 13.5. The number of nitrogens with two attached hydrogens (primary N) is 1. The van der Waals surface area contributed by atoms with Gasteiger partial charge in [-0.2, -0.15) is 0 Å². The number of amides is 2. The molecule has 0 aliphatic heterocycles. The Morgan fingerprint density at radius 3 is 2.57 bits per heavy atom. The molecule has 5 heteroatoms. The lowest BCUT2D eigenvalue weighted by atomic mass is 9.96. The van der Waals surface area contributed by atoms with Crippen LogP contribution in [0.5, 0.6) is 0 Å². The molecule has 0 aliphatic carbocycles. The van der Waals surface area contributed by atoms with Crippen LogP contribution in [-0.2, 0) is 9.59 Å². The maximum atomic E-state index is 12.1. The van der Waals surface area contributed by atoms with Gasteiger partial charge in [0.2, 0.25) is 11.8 Å². The summed E-state index contributed by atoms with van der Waals surface area (Å²) in [5.41, 5.74) is 5.72. The molecule has 1 unspecified atom stereocenters. The first-order valence-corrected chi connectivity index (χ1v) is 7.79. The highest BCUT2D eigenvalue weighted by Crippen LogP contribution is 2.22. The number of anilines is 1. The minimum atomic E-state index is -0.950. The Kier molecular flexibility index (Phi) is 5.34. The third-order valence-electron chi connectivity index (χ3n) is 3.76. The molecule has 2 aromatic carbocycles. The topological polar surface area (TPSA) is 84.2 Å². The fraction of sp³-hybridized carbons (Fsp3) is 0.333. The van der Waals surface area contributed by atoms with E-state index in [-0.39, 0.29) is 18.4 Å². The molecule has 23 heavy (non-hydrogen) atoms. The molecule has 2 amide bonds. The Morgan fingerprint density at radius 2 is 1.83 bits per heavy atom. The number of nitrogens with one attached hydrogen (secondary N) is 2. The zero-order valence-corrected chi connectivity index (χ0v) is 13.6. The highest BCUT2D eigenvalue weighted by atomic mass is 16.2. The molecule has 1 atom stereocenters. The molecular formula is C18H23N3O2. The number of fused-ring (bicyclic) bond motifs is 1. The number of hydrogen-bond acceptors (Lipinski definition) is 3. The van der Waals surface area contributed by atoms with Crippen molar-refractivity contribution in [3.05, 3.63) is 42.5 Å². The Labute approximate surface area is 136 Å². The second-order valence-corrected chi connectivity index (χ2v) is 5.93. The second kappa shape index (κ2) is 7.24. The van der Waals surface area contributed by atoms with Crippen molar-refractivity contribution in [2.75, 3.05) is 11.9 Å². The van der Waals surface area contributed by atoms with Crippen LogP contribution >= 0.6 is 0 Å². The van der Waals surface area contributed by atoms with E-state index in [1.807, 2.05) is 49.4 Å². The SMILES string of the molecule is CCCC(C)(N)C(=O)NCC(=O)Nc1cccc2ccccc12. The van der Waals surface area contributed by atoms with Gasteiger partial charge in [-0.1, -0.05) is 49.7 Å². The van der Waals surface area contributed by atoms with Crippen LogP contribution in [0.4, 0.5) is 5.69 Å². The van der Waals surface area contributed by atoms with Gasteiger partial charge in [0.05, 0.1) is 12.1 Å². The summed E-state index contributed by atoms with van der Waals surface area (Å²) in [4.78, 5) is 24.1. The van der Waals surface area contributed by atoms with Crippen molar-refractivity contribution in [1.29, 1.82) is 0 Å². The third-order valence-corrected chi connectivity index (χ3v) is 3.76. The first-order valence-electron chi connectivity index (χ1n) is 7.79. The van der Waals surface area contributed by atoms with E-state index < -0.39 is 5.54 Å². The van der Waals surface area contributed by atoms with E-state index >= 15 is 0 Å². The highest BCUT2D eigenvalue weighted by Gasteiger charge is 2.27. The fourth-order valence-corrected chi connectivity index (χ4v) is 2.52. The van der Waals surface area contributed by atoms with Crippen LogP contribution in [0, 0.1) is 0 Å². The zero-order valence-electron chi connectivity index (χ0n) is 13.6. The molecule has 0 heterocycles. The van der Waals surface area contributed by atoms with Gasteiger partial charge in [-0.3, -0.25) is 9.59 Å². The summed E-state index contributed by atoms with van der Waals surface area (Å²) in [6.45, 7) is 3.54. The van der Waals surface area contributed by atoms with Gasteiger partial charge in [0.25, 0.3) is 0 Å². The predicted octanol–water partition coefficient (Wildman–Crippen LogP) is 2.41. The van der Waals surface area contributed by atoms with Crippen molar-refractivity contribution in [3.63, 3.8) is 0 Å². The van der Waals surface area contributed by atoms with Crippen LogP contribution in [0.2, 0.25) is 0 Å². The molecule has 2 rings (SSSR count). The van der Waals surface area contributed by atoms with Gasteiger partial charge < -0.3 is 16.4 Å². The second-order valence-electron chi connectivity index (χ2n) is 5.93. The quantitative estimate of drug-likeness (QED) is 0.765. The van der Waals surface area contributed by atoms with Crippen molar-refractivity contribution in [1.82, 2.24) is 5.32 Å². The average Bonchev–Trinajstić information content (AvgIpc) is 2.53. The van der Waals surface area contributed by atoms with Crippen LogP contribution in [0.3, 0.4) is 0 Å². The fourth-order valence-electron chi connectivity index (χ4n) is 2.52. The summed E-state index contributed by atoms with van der Waals surface area (Å²) < 4.78 is 0. The van der Waals surface area contributed by atoms with Crippen LogP contribution in [0.1, 0.15) is 26.7 Å². The van der Waals surface area contributed by atoms with E-state index in [1.54, 1.807) is 6.92 Å². The Morgan fingerprint density at radius 1 is 1.13 bits per heavy atom. The largest absolute Gasteiger partial charge is 0.345 e. The summed E-state index contributed by atoms with van der Waals surface area (Å²) >= 11 is 0. The van der Waals surface area contributed by atoms with Gasteiger partial charge in [0, 0.05) is 11.1 Å². The molecule has 0 radical (unpaired) electrons. The van der Waals surface area contributed by atoms with Crippen molar-refractivity contribution in [2.45, 2.75) is 32.2 Å². The molecule has 0 fully saturated rings. The summed E-state index contributed by atoms with van der Waals surface area (Å²) in [7, 11) is 0. The lowest BCUT2D eigenvalue weighted by Gasteiger charge is -2.22. The van der Waals surface area contributed by atoms with Crippen molar-refractivity contribution in [2.24, 2.45) is 5.73 Å². The minimum Gasteiger partial charge on any atom is -0.345 e. The lowest BCUT2D eigenvalue weighted by Crippen LogP contribution is -2.52. The molecular weight excluding hydrogens is 290 g/mol. The minimum absolute atomic E-state index is 0.0987. The molecule has 0 aliphatic rings. The maximum absolute atomic E-state index is 12.1. The van der Waals surface area contributed by atoms with Gasteiger partial charge in [-0.25, -0.2) is 0 Å². The van der Waals surface area contributed by atoms with Gasteiger partial charge in [0.15, 0.2) is 0 Å². The van der Waals surface area contributed by atoms with Crippen LogP contribution in [0.15, 0.2) is 42.5 Å². The van der Waals surface area contributed by atoms with E-state index in [0.29, 0.717) is 6.42 Å². The van der Waals surface area contributed by atoms with Crippen LogP contribution in [0.25, 0.3) is 10.8 Å². The molecule has 0 spiro atoms. The number of benzene rings is 2. The van der Waals surface area contributed by atoms with Crippen LogP contribution < -0.4 is 16.4 Å². The Bertz CT molecular complexity index is 705. The lowest BCUT2D eigenvalue weighted by molar-refractivity contribution is -0.128. The van der Waals surface area contributed by atoms with Gasteiger partial charge >= 0.3 is 0 Å². The van der Waals surface area contributed by atoms with E-state index in [4.69, 9.17) is 5.73 Å². The number of hydrogen-bond donors (Lipinski definition) is 3. The van der Waals surface area contributed by atoms with Crippen molar-refractivity contribution < 1.29 is 9.59 Å². The standard InChI is InChI=1S/C18H23N3O2/c1-3-11-18(2,19)17(23)20-12-16(22)21-15-10-6-8-13-7-4-5-9-14(13)15/h4-10H,3,11-12,19H2,1-2H3,(H,20,23)(H,21,22). The first kappa shape index (κ1) is 17.0. The van der Waals surface area contributed by atoms with Gasteiger partial charge in [-0.15, -0.1) is 0 Å². The summed E-state index contributed by atoms with van der Waals surface area (Å²) in [5.74, 6) is -0.588. The smallest absolute Gasteiger partial charge is 0.243 e. The molecule has 5 nitrogen and oxygen atoms in total. The summed E-state index contributed by atoms with van der Waals surface area (Å²) in [5, 5.41) is 7.44. The zero-order chi connectivity index (χ0) is 16.9. The average molecular weight is 313 g/mol. The monoisotopic (exact) mass is 313 g/mol.